The van der Waals surface area contributed by atoms with Crippen molar-refractivity contribution < 1.29 is 0 Å². The molecule has 0 bridgehead atoms. The van der Waals surface area contributed by atoms with Crippen molar-refractivity contribution in [1.29, 1.82) is 0 Å². The van der Waals surface area contributed by atoms with E-state index in [1.807, 2.05) is 0 Å². The molecule has 262 valence electrons. The number of para-hydroxylation sites is 4. The molecular weight excluding hydrogens is 667 g/mol. The minimum absolute atomic E-state index is 0.0969. The quantitative estimate of drug-likeness (QED) is 0.173. The van der Waals surface area contributed by atoms with Gasteiger partial charge in [0.1, 0.15) is 0 Å². The predicted molar refractivity (Wildman–Crippen MR) is 234 cm³/mol. The molecule has 11 aromatic rings. The normalized spacial score (nSPS) is 12.3. The van der Waals surface area contributed by atoms with Gasteiger partial charge in [0.25, 0.3) is 0 Å². The molecule has 0 N–H and O–H groups in total. The fraction of sp³-hybridized carbons (Fsp3) is 0.0769. The van der Waals surface area contributed by atoms with E-state index in [0.717, 1.165) is 11.4 Å². The van der Waals surface area contributed by atoms with Gasteiger partial charge in [-0.05, 0) is 88.8 Å². The third-order valence-corrected chi connectivity index (χ3v) is 11.6. The Hall–Kier alpha value is -6.84. The maximum atomic E-state index is 2.45. The van der Waals surface area contributed by atoms with E-state index in [4.69, 9.17) is 0 Å². The molecule has 8 aromatic carbocycles. The van der Waals surface area contributed by atoms with Crippen molar-refractivity contribution >= 4 is 65.4 Å². The van der Waals surface area contributed by atoms with Gasteiger partial charge >= 0.3 is 0 Å². The maximum absolute atomic E-state index is 2.45. The van der Waals surface area contributed by atoms with Gasteiger partial charge in [-0.3, -0.25) is 0 Å². The third-order valence-electron chi connectivity index (χ3n) is 11.6. The van der Waals surface area contributed by atoms with Crippen molar-refractivity contribution in [2.45, 2.75) is 26.2 Å². The van der Waals surface area contributed by atoms with Gasteiger partial charge in [0.2, 0.25) is 0 Å². The highest BCUT2D eigenvalue weighted by atomic mass is 15.0. The summed E-state index contributed by atoms with van der Waals surface area (Å²) in [7, 11) is 0. The zero-order valence-electron chi connectivity index (χ0n) is 31.2. The first-order chi connectivity index (χ1) is 26.9. The first-order valence-electron chi connectivity index (χ1n) is 19.2. The van der Waals surface area contributed by atoms with Crippen LogP contribution >= 0.6 is 0 Å². The Labute approximate surface area is 319 Å². The molecule has 0 spiro atoms. The Morgan fingerprint density at radius 3 is 1.15 bits per heavy atom. The molecule has 0 radical (unpaired) electrons. The molecule has 0 aliphatic carbocycles. The molecule has 0 saturated carbocycles. The molecular formula is C52H39N3. The number of hydrogen-bond donors (Lipinski definition) is 0. The van der Waals surface area contributed by atoms with Crippen LogP contribution < -0.4 is 0 Å². The van der Waals surface area contributed by atoms with Crippen LogP contribution in [-0.4, -0.2) is 13.7 Å². The molecule has 3 aromatic heterocycles. The average molecular weight is 706 g/mol. The molecule has 3 heterocycles. The van der Waals surface area contributed by atoms with Crippen molar-refractivity contribution in [3.63, 3.8) is 0 Å². The summed E-state index contributed by atoms with van der Waals surface area (Å²) in [5.74, 6) is 0. The highest BCUT2D eigenvalue weighted by molar-refractivity contribution is 6.13. The van der Waals surface area contributed by atoms with Crippen molar-refractivity contribution in [3.05, 3.63) is 188 Å². The first kappa shape index (κ1) is 31.7. The smallest absolute Gasteiger partial charge is 0.0561 e. The van der Waals surface area contributed by atoms with Gasteiger partial charge in [0.15, 0.2) is 0 Å². The van der Waals surface area contributed by atoms with Crippen molar-refractivity contribution in [2.75, 3.05) is 0 Å². The molecule has 55 heavy (non-hydrogen) atoms. The molecule has 11 rings (SSSR count). The van der Waals surface area contributed by atoms with Gasteiger partial charge in [-0.1, -0.05) is 136 Å². The van der Waals surface area contributed by atoms with Gasteiger partial charge < -0.3 is 13.7 Å². The van der Waals surface area contributed by atoms with E-state index >= 15 is 0 Å². The van der Waals surface area contributed by atoms with E-state index in [0.29, 0.717) is 0 Å². The number of benzene rings is 8. The van der Waals surface area contributed by atoms with E-state index in [1.54, 1.807) is 0 Å². The second-order valence-electron chi connectivity index (χ2n) is 15.9. The topological polar surface area (TPSA) is 14.8 Å². The number of aromatic nitrogens is 3. The summed E-state index contributed by atoms with van der Waals surface area (Å²) < 4.78 is 7.28. The molecule has 0 fully saturated rings. The zero-order chi connectivity index (χ0) is 36.8. The van der Waals surface area contributed by atoms with Crippen LogP contribution in [0.3, 0.4) is 0 Å². The van der Waals surface area contributed by atoms with E-state index in [2.05, 4.69) is 216 Å². The number of rotatable bonds is 4. The van der Waals surface area contributed by atoms with Crippen LogP contribution in [0.4, 0.5) is 0 Å². The third kappa shape index (κ3) is 4.83. The highest BCUT2D eigenvalue weighted by Crippen LogP contribution is 2.40. The van der Waals surface area contributed by atoms with E-state index in [9.17, 15) is 0 Å². The van der Waals surface area contributed by atoms with Crippen LogP contribution in [0, 0.1) is 0 Å². The summed E-state index contributed by atoms with van der Waals surface area (Å²) in [6.07, 6.45) is 0. The van der Waals surface area contributed by atoms with Gasteiger partial charge in [-0.15, -0.1) is 0 Å². The van der Waals surface area contributed by atoms with E-state index < -0.39 is 0 Å². The predicted octanol–water partition coefficient (Wildman–Crippen LogP) is 13.9. The number of fused-ring (bicyclic) bond motifs is 9. The minimum atomic E-state index is 0.0969. The molecule has 0 saturated heterocycles. The number of nitrogens with zero attached hydrogens (tertiary/aromatic N) is 3. The second kappa shape index (κ2) is 11.8. The van der Waals surface area contributed by atoms with Gasteiger partial charge in [-0.2, -0.15) is 0 Å². The highest BCUT2D eigenvalue weighted by Gasteiger charge is 2.19. The van der Waals surface area contributed by atoms with Crippen molar-refractivity contribution in [3.8, 4) is 28.2 Å². The van der Waals surface area contributed by atoms with Crippen LogP contribution in [0.5, 0.6) is 0 Å². The van der Waals surface area contributed by atoms with Crippen LogP contribution in [0.2, 0.25) is 0 Å². The summed E-state index contributed by atoms with van der Waals surface area (Å²) in [6, 6.07) is 67.1. The summed E-state index contributed by atoms with van der Waals surface area (Å²) in [6.45, 7) is 6.81. The zero-order valence-corrected chi connectivity index (χ0v) is 31.2. The average Bonchev–Trinajstić information content (AvgIpc) is 3.85. The van der Waals surface area contributed by atoms with Crippen LogP contribution in [-0.2, 0) is 5.41 Å². The van der Waals surface area contributed by atoms with Gasteiger partial charge in [0.05, 0.1) is 33.1 Å². The lowest BCUT2D eigenvalue weighted by atomic mass is 9.87. The molecule has 0 aliphatic rings. The largest absolute Gasteiger partial charge is 0.309 e. The Morgan fingerprint density at radius 2 is 0.655 bits per heavy atom. The fourth-order valence-electron chi connectivity index (χ4n) is 8.92. The lowest BCUT2D eigenvalue weighted by Gasteiger charge is -2.19. The summed E-state index contributed by atoms with van der Waals surface area (Å²) in [5, 5.41) is 7.54. The monoisotopic (exact) mass is 705 g/mol. The molecule has 0 amide bonds. The molecule has 0 unspecified atom stereocenters. The Morgan fingerprint density at radius 1 is 0.291 bits per heavy atom. The Bertz CT molecular complexity index is 3270. The second-order valence-corrected chi connectivity index (χ2v) is 15.9. The van der Waals surface area contributed by atoms with Crippen molar-refractivity contribution in [1.82, 2.24) is 13.7 Å². The van der Waals surface area contributed by atoms with Crippen LogP contribution in [0.25, 0.3) is 93.6 Å². The lowest BCUT2D eigenvalue weighted by molar-refractivity contribution is 0.590. The first-order valence-corrected chi connectivity index (χ1v) is 19.2. The van der Waals surface area contributed by atoms with Gasteiger partial charge in [0, 0.05) is 49.4 Å². The Kier molecular flexibility index (Phi) is 6.81. The fourth-order valence-corrected chi connectivity index (χ4v) is 8.92. The molecule has 3 heteroatoms. The summed E-state index contributed by atoms with van der Waals surface area (Å²) in [4.78, 5) is 0. The molecule has 0 atom stereocenters. The Balaban J connectivity index is 1.13. The summed E-state index contributed by atoms with van der Waals surface area (Å²) in [5.41, 5.74) is 14.5. The lowest BCUT2D eigenvalue weighted by Crippen LogP contribution is -2.10. The maximum Gasteiger partial charge on any atom is 0.0561 e. The van der Waals surface area contributed by atoms with Gasteiger partial charge in [-0.25, -0.2) is 0 Å². The SMILES string of the molecule is CC(C)(C)c1ccc(-n2c3ccccc3c3ccc(-c4ccc5c6ccccc6n(-c6ccc7c8ccccc8n(-c8ccccc8)c7c6)c5c4)cc32)cc1. The van der Waals surface area contributed by atoms with Crippen LogP contribution in [0.1, 0.15) is 26.3 Å². The van der Waals surface area contributed by atoms with E-state index in [-0.39, 0.29) is 5.41 Å². The van der Waals surface area contributed by atoms with Crippen molar-refractivity contribution in [2.24, 2.45) is 0 Å². The summed E-state index contributed by atoms with van der Waals surface area (Å²) >= 11 is 0. The van der Waals surface area contributed by atoms with Crippen LogP contribution in [0.15, 0.2) is 182 Å². The minimum Gasteiger partial charge on any atom is -0.309 e. The number of hydrogen-bond acceptors (Lipinski definition) is 0. The molecule has 3 nitrogen and oxygen atoms in total. The molecule has 0 aliphatic heterocycles. The van der Waals surface area contributed by atoms with E-state index in [1.165, 1.54) is 87.8 Å². The standard InChI is InChI=1S/C52H39N3/c1-52(2,3)36-23-25-38(26-24-36)54-47-19-11-7-15-40(47)43-28-21-34(31-49(43)54)35-22-29-44-41-16-9-12-20-48(41)55(50(44)32-35)39-27-30-45-42-17-8-10-18-46(42)53(51(45)33-39)37-13-5-4-6-14-37/h4-33H,1-3H3.